The fourth-order valence-electron chi connectivity index (χ4n) is 4.46. The number of carbonyl (C=O) groups is 1. The number of nitrogens with zero attached hydrogens (tertiary/aromatic N) is 2. The van der Waals surface area contributed by atoms with Crippen LogP contribution >= 0.6 is 7.75 Å². The number of nitrogens with two attached hydrogens (primary N) is 1. The molecule has 1 aromatic carbocycles. The van der Waals surface area contributed by atoms with Crippen molar-refractivity contribution in [1.82, 2.24) is 9.76 Å². The van der Waals surface area contributed by atoms with Crippen LogP contribution in [-0.2, 0) is 23.4 Å². The number of aliphatic imine (C=N–C) groups is 1. The van der Waals surface area contributed by atoms with Crippen LogP contribution in [0.1, 0.15) is 63.9 Å². The summed E-state index contributed by atoms with van der Waals surface area (Å²) in [6.45, 7) is 6.41. The molecule has 3 atom stereocenters. The Balaban J connectivity index is 1.39. The topological polar surface area (TPSA) is 138 Å². The number of carbonyl (C=O) groups excluding carboxylic acids is 1. The van der Waals surface area contributed by atoms with Crippen molar-refractivity contribution in [2.75, 3.05) is 31.9 Å². The van der Waals surface area contributed by atoms with E-state index in [-0.39, 0.29) is 19.3 Å². The van der Waals surface area contributed by atoms with Crippen LogP contribution in [0.2, 0.25) is 0 Å². The molecular weight excluding hydrogens is 509 g/mol. The van der Waals surface area contributed by atoms with Crippen molar-refractivity contribution in [3.63, 3.8) is 0 Å². The van der Waals surface area contributed by atoms with E-state index in [0.29, 0.717) is 37.2 Å². The maximum atomic E-state index is 13.7. The number of esters is 1. The summed E-state index contributed by atoms with van der Waals surface area (Å²) in [7, 11) is -3.94. The number of amidine groups is 1. The number of aromatic nitrogens is 1. The third-order valence-corrected chi connectivity index (χ3v) is 8.37. The molecule has 4 rings (SSSR count). The Morgan fingerprint density at radius 2 is 2.05 bits per heavy atom. The minimum absolute atomic E-state index is 0.00596. The molecule has 0 bridgehead atoms. The molecule has 38 heavy (non-hydrogen) atoms. The van der Waals surface area contributed by atoms with Gasteiger partial charge in [0.1, 0.15) is 36.6 Å². The van der Waals surface area contributed by atoms with Crippen LogP contribution in [-0.4, -0.2) is 48.5 Å². The quantitative estimate of drug-likeness (QED) is 0.250. The molecule has 0 saturated carbocycles. The first kappa shape index (κ1) is 28.2. The van der Waals surface area contributed by atoms with Crippen LogP contribution in [0.4, 0.5) is 0 Å². The zero-order chi connectivity index (χ0) is 27.2. The standard InChI is InChI=1S/C26H38N5O6P/c1-4-19(5-2)16-34-24(32)15-30-38(33,37-20-9-7-6-8-10-20)35-17-26(3)14-13-23(36-26)21-11-12-22-25(27)28-18-29-31(21)22/h6-12,19,23,29H,4-5,13-18H2,1-3H3,(H2,27,28)(H,30,33)/t23?,26?,38-/m0/s1. The number of ether oxygens (including phenoxy) is 2. The van der Waals surface area contributed by atoms with Gasteiger partial charge in [-0.15, -0.1) is 0 Å². The van der Waals surface area contributed by atoms with Crippen LogP contribution in [0, 0.1) is 5.92 Å². The number of hydrogen-bond acceptors (Lipinski definition) is 9. The van der Waals surface area contributed by atoms with Gasteiger partial charge in [0.05, 0.1) is 24.5 Å². The number of para-hydroxylation sites is 1. The number of benzene rings is 1. The van der Waals surface area contributed by atoms with Gasteiger partial charge in [-0.3, -0.25) is 14.0 Å². The molecule has 0 radical (unpaired) electrons. The molecular formula is C26H38N5O6P. The van der Waals surface area contributed by atoms with Gasteiger partial charge < -0.3 is 25.2 Å². The van der Waals surface area contributed by atoms with E-state index in [0.717, 1.165) is 30.7 Å². The highest BCUT2D eigenvalue weighted by Crippen LogP contribution is 2.47. The number of fused-ring (bicyclic) bond motifs is 1. The second kappa shape index (κ2) is 12.3. The molecule has 4 N–H and O–H groups in total. The highest BCUT2D eigenvalue weighted by atomic mass is 31.2. The molecule has 1 saturated heterocycles. The molecule has 0 aliphatic carbocycles. The normalized spacial score (nSPS) is 22.3. The summed E-state index contributed by atoms with van der Waals surface area (Å²) < 4.78 is 39.0. The van der Waals surface area contributed by atoms with Crippen molar-refractivity contribution in [3.05, 3.63) is 53.9 Å². The SMILES string of the molecule is CCC(CC)COC(=O)CN[P@](=O)(OCC1(C)CCC(c2ccc3n2NCN=C3N)O1)Oc1ccccc1. The largest absolute Gasteiger partial charge is 0.464 e. The third kappa shape index (κ3) is 6.96. The highest BCUT2D eigenvalue weighted by molar-refractivity contribution is 7.52. The summed E-state index contributed by atoms with van der Waals surface area (Å²) in [6, 6.07) is 12.6. The molecule has 2 aliphatic heterocycles. The molecule has 1 fully saturated rings. The Kier molecular flexibility index (Phi) is 9.15. The fourth-order valence-corrected chi connectivity index (χ4v) is 5.83. The van der Waals surface area contributed by atoms with Gasteiger partial charge in [-0.25, -0.2) is 14.6 Å². The fraction of sp³-hybridized carbons (Fsp3) is 0.538. The second-order valence-electron chi connectivity index (χ2n) is 9.81. The number of rotatable bonds is 13. The molecule has 12 heteroatoms. The van der Waals surface area contributed by atoms with E-state index >= 15 is 0 Å². The summed E-state index contributed by atoms with van der Waals surface area (Å²) in [5.74, 6) is 0.603. The Hall–Kier alpha value is -2.85. The van der Waals surface area contributed by atoms with Gasteiger partial charge >= 0.3 is 13.7 Å². The van der Waals surface area contributed by atoms with Crippen molar-refractivity contribution in [1.29, 1.82) is 0 Å². The minimum Gasteiger partial charge on any atom is -0.464 e. The lowest BCUT2D eigenvalue weighted by atomic mass is 10.0. The lowest BCUT2D eigenvalue weighted by Crippen LogP contribution is -2.34. The van der Waals surface area contributed by atoms with Gasteiger partial charge in [-0.1, -0.05) is 44.9 Å². The van der Waals surface area contributed by atoms with Crippen LogP contribution in [0.25, 0.3) is 0 Å². The molecule has 11 nitrogen and oxygen atoms in total. The summed E-state index contributed by atoms with van der Waals surface area (Å²) >= 11 is 0. The summed E-state index contributed by atoms with van der Waals surface area (Å²) in [4.78, 5) is 16.6. The van der Waals surface area contributed by atoms with E-state index in [2.05, 4.69) is 29.4 Å². The van der Waals surface area contributed by atoms with Crippen LogP contribution in [0.3, 0.4) is 0 Å². The van der Waals surface area contributed by atoms with Crippen molar-refractivity contribution < 1.29 is 27.9 Å². The molecule has 208 valence electrons. The van der Waals surface area contributed by atoms with Gasteiger partial charge in [0.2, 0.25) is 0 Å². The van der Waals surface area contributed by atoms with Gasteiger partial charge in [-0.2, -0.15) is 0 Å². The highest BCUT2D eigenvalue weighted by Gasteiger charge is 2.41. The first-order valence-electron chi connectivity index (χ1n) is 13.1. The first-order valence-corrected chi connectivity index (χ1v) is 14.6. The van der Waals surface area contributed by atoms with Crippen LogP contribution in [0.15, 0.2) is 47.5 Å². The second-order valence-corrected chi connectivity index (χ2v) is 11.6. The lowest BCUT2D eigenvalue weighted by Gasteiger charge is -2.28. The maximum Gasteiger partial charge on any atom is 0.459 e. The van der Waals surface area contributed by atoms with Crippen molar-refractivity contribution >= 4 is 19.6 Å². The van der Waals surface area contributed by atoms with E-state index in [9.17, 15) is 9.36 Å². The average molecular weight is 548 g/mol. The smallest absolute Gasteiger partial charge is 0.459 e. The summed E-state index contributed by atoms with van der Waals surface area (Å²) in [5.41, 5.74) is 10.2. The molecule has 0 amide bonds. The van der Waals surface area contributed by atoms with Gasteiger partial charge in [0, 0.05) is 0 Å². The third-order valence-electron chi connectivity index (χ3n) is 6.90. The molecule has 2 aromatic rings. The van der Waals surface area contributed by atoms with Crippen LogP contribution < -0.4 is 20.8 Å². The van der Waals surface area contributed by atoms with E-state index in [1.807, 2.05) is 29.8 Å². The summed E-state index contributed by atoms with van der Waals surface area (Å²) in [6.07, 6.45) is 3.03. The first-order chi connectivity index (χ1) is 18.2. The van der Waals surface area contributed by atoms with E-state index in [1.165, 1.54) is 0 Å². The molecule has 3 heterocycles. The summed E-state index contributed by atoms with van der Waals surface area (Å²) in [5, 5.41) is 2.67. The molecule has 0 spiro atoms. The zero-order valence-corrected chi connectivity index (χ0v) is 23.1. The minimum atomic E-state index is -3.94. The number of hydrogen-bond donors (Lipinski definition) is 3. The van der Waals surface area contributed by atoms with E-state index < -0.39 is 19.3 Å². The van der Waals surface area contributed by atoms with E-state index in [1.54, 1.807) is 24.3 Å². The van der Waals surface area contributed by atoms with Gasteiger partial charge in [0.25, 0.3) is 0 Å². The van der Waals surface area contributed by atoms with Gasteiger partial charge in [-0.05, 0) is 49.9 Å². The van der Waals surface area contributed by atoms with Crippen LogP contribution in [0.5, 0.6) is 5.75 Å². The molecule has 1 aromatic heterocycles. The van der Waals surface area contributed by atoms with E-state index in [4.69, 9.17) is 24.3 Å². The van der Waals surface area contributed by atoms with Crippen molar-refractivity contribution in [3.8, 4) is 5.75 Å². The predicted octanol–water partition coefficient (Wildman–Crippen LogP) is 4.09. The maximum absolute atomic E-state index is 13.7. The average Bonchev–Trinajstić information content (AvgIpc) is 3.53. The van der Waals surface area contributed by atoms with Crippen molar-refractivity contribution in [2.45, 2.75) is 58.2 Å². The Labute approximate surface area is 223 Å². The Morgan fingerprint density at radius 1 is 1.29 bits per heavy atom. The lowest BCUT2D eigenvalue weighted by molar-refractivity contribution is -0.143. The predicted molar refractivity (Wildman–Crippen MR) is 145 cm³/mol. The monoisotopic (exact) mass is 547 g/mol. The number of nitrogens with one attached hydrogen (secondary N) is 2. The van der Waals surface area contributed by atoms with Crippen molar-refractivity contribution in [2.24, 2.45) is 16.6 Å². The zero-order valence-electron chi connectivity index (χ0n) is 22.2. The Morgan fingerprint density at radius 3 is 2.79 bits per heavy atom. The van der Waals surface area contributed by atoms with Gasteiger partial charge in [0.15, 0.2) is 0 Å². The molecule has 2 aliphatic rings. The Bertz CT molecular complexity index is 1170. The molecule has 2 unspecified atom stereocenters.